The molecule has 1 atom stereocenters. The molecule has 1 aliphatic rings. The van der Waals surface area contributed by atoms with Crippen molar-refractivity contribution >= 4 is 11.5 Å². The third-order valence-corrected chi connectivity index (χ3v) is 4.28. The van der Waals surface area contributed by atoms with Gasteiger partial charge in [0.15, 0.2) is 0 Å². The first kappa shape index (κ1) is 14.1. The van der Waals surface area contributed by atoms with Crippen LogP contribution in [0.25, 0.3) is 17.0 Å². The number of nitrogens with zero attached hydrogens (tertiary/aromatic N) is 4. The van der Waals surface area contributed by atoms with Crippen LogP contribution in [0.1, 0.15) is 18.4 Å². The lowest BCUT2D eigenvalue weighted by atomic mass is 10.1. The molecule has 118 valence electrons. The van der Waals surface area contributed by atoms with Gasteiger partial charge in [0.25, 0.3) is 0 Å². The first-order valence-corrected chi connectivity index (χ1v) is 8.03. The van der Waals surface area contributed by atoms with E-state index in [1.807, 2.05) is 18.5 Å². The van der Waals surface area contributed by atoms with E-state index in [9.17, 15) is 0 Å². The van der Waals surface area contributed by atoms with E-state index in [-0.39, 0.29) is 0 Å². The van der Waals surface area contributed by atoms with Gasteiger partial charge in [-0.05, 0) is 37.9 Å². The summed E-state index contributed by atoms with van der Waals surface area (Å²) in [4.78, 5) is 13.6. The summed E-state index contributed by atoms with van der Waals surface area (Å²) in [6.45, 7) is 4.14. The third kappa shape index (κ3) is 2.77. The molecule has 0 aromatic carbocycles. The maximum Gasteiger partial charge on any atom is 0.145 e. The first-order chi connectivity index (χ1) is 11.3. The molecule has 0 saturated carbocycles. The largest absolute Gasteiger partial charge is 0.365 e. The van der Waals surface area contributed by atoms with Gasteiger partial charge in [-0.1, -0.05) is 6.07 Å². The van der Waals surface area contributed by atoms with Crippen LogP contribution in [0.4, 0.5) is 5.82 Å². The SMILES string of the molecule is Cc1cccn2c(-c3cncc(NC4CCCNC4)n3)cnc12. The molecular weight excluding hydrogens is 288 g/mol. The summed E-state index contributed by atoms with van der Waals surface area (Å²) in [5.41, 5.74) is 3.90. The summed E-state index contributed by atoms with van der Waals surface area (Å²) in [5.74, 6) is 0.818. The summed E-state index contributed by atoms with van der Waals surface area (Å²) >= 11 is 0. The zero-order valence-corrected chi connectivity index (χ0v) is 13.2. The normalized spacial score (nSPS) is 18.2. The van der Waals surface area contributed by atoms with Crippen LogP contribution in [0, 0.1) is 6.92 Å². The Morgan fingerprint density at radius 1 is 1.30 bits per heavy atom. The molecule has 1 unspecified atom stereocenters. The molecule has 0 spiro atoms. The second-order valence-electron chi connectivity index (χ2n) is 6.01. The average molecular weight is 308 g/mol. The molecule has 4 heterocycles. The van der Waals surface area contributed by atoms with Crippen LogP contribution < -0.4 is 10.6 Å². The summed E-state index contributed by atoms with van der Waals surface area (Å²) in [6, 6.07) is 4.50. The fraction of sp³-hybridized carbons (Fsp3) is 0.353. The predicted octanol–water partition coefficient (Wildman–Crippen LogP) is 2.26. The Morgan fingerprint density at radius 3 is 3.13 bits per heavy atom. The molecule has 0 amide bonds. The minimum atomic E-state index is 0.415. The van der Waals surface area contributed by atoms with E-state index >= 15 is 0 Å². The van der Waals surface area contributed by atoms with Crippen molar-refractivity contribution in [3.05, 3.63) is 42.5 Å². The molecular formula is C17H20N6. The van der Waals surface area contributed by atoms with E-state index in [0.29, 0.717) is 6.04 Å². The number of rotatable bonds is 3. The van der Waals surface area contributed by atoms with Gasteiger partial charge < -0.3 is 10.6 Å². The number of aromatic nitrogens is 4. The van der Waals surface area contributed by atoms with Gasteiger partial charge in [-0.25, -0.2) is 9.97 Å². The zero-order chi connectivity index (χ0) is 15.6. The number of hydrogen-bond acceptors (Lipinski definition) is 5. The highest BCUT2D eigenvalue weighted by molar-refractivity contribution is 5.62. The average Bonchev–Trinajstić information content (AvgIpc) is 3.02. The van der Waals surface area contributed by atoms with E-state index in [0.717, 1.165) is 47.9 Å². The van der Waals surface area contributed by atoms with Crippen molar-refractivity contribution in [1.29, 1.82) is 0 Å². The molecule has 0 bridgehead atoms. The van der Waals surface area contributed by atoms with E-state index < -0.39 is 0 Å². The second kappa shape index (κ2) is 5.96. The van der Waals surface area contributed by atoms with Crippen molar-refractivity contribution in [1.82, 2.24) is 24.7 Å². The highest BCUT2D eigenvalue weighted by Gasteiger charge is 2.14. The molecule has 6 nitrogen and oxygen atoms in total. The number of pyridine rings is 1. The fourth-order valence-corrected chi connectivity index (χ4v) is 3.08. The molecule has 0 aliphatic carbocycles. The molecule has 4 rings (SSSR count). The van der Waals surface area contributed by atoms with Gasteiger partial charge in [-0.2, -0.15) is 0 Å². The van der Waals surface area contributed by atoms with Crippen molar-refractivity contribution in [3.8, 4) is 11.4 Å². The summed E-state index contributed by atoms with van der Waals surface area (Å²) in [6.07, 6.45) is 9.80. The lowest BCUT2D eigenvalue weighted by Crippen LogP contribution is -2.38. The number of nitrogens with one attached hydrogen (secondary N) is 2. The zero-order valence-electron chi connectivity index (χ0n) is 13.2. The number of aryl methyl sites for hydroxylation is 1. The van der Waals surface area contributed by atoms with Crippen molar-refractivity contribution in [2.24, 2.45) is 0 Å². The lowest BCUT2D eigenvalue weighted by Gasteiger charge is -2.24. The molecule has 1 aliphatic heterocycles. The second-order valence-corrected chi connectivity index (χ2v) is 6.01. The third-order valence-electron chi connectivity index (χ3n) is 4.28. The van der Waals surface area contributed by atoms with Gasteiger partial charge in [-0.15, -0.1) is 0 Å². The maximum atomic E-state index is 4.73. The summed E-state index contributed by atoms with van der Waals surface area (Å²) in [5, 5.41) is 6.88. The molecule has 0 radical (unpaired) electrons. The van der Waals surface area contributed by atoms with Gasteiger partial charge in [0.05, 0.1) is 24.3 Å². The van der Waals surface area contributed by atoms with E-state index in [4.69, 9.17) is 4.98 Å². The van der Waals surface area contributed by atoms with Crippen molar-refractivity contribution in [2.75, 3.05) is 18.4 Å². The quantitative estimate of drug-likeness (QED) is 0.777. The molecule has 1 saturated heterocycles. The predicted molar refractivity (Wildman–Crippen MR) is 90.5 cm³/mol. The molecule has 23 heavy (non-hydrogen) atoms. The van der Waals surface area contributed by atoms with Gasteiger partial charge in [0.2, 0.25) is 0 Å². The first-order valence-electron chi connectivity index (χ1n) is 8.03. The molecule has 3 aromatic heterocycles. The Labute approximate surface area is 135 Å². The van der Waals surface area contributed by atoms with Crippen LogP contribution in [-0.2, 0) is 0 Å². The fourth-order valence-electron chi connectivity index (χ4n) is 3.08. The van der Waals surface area contributed by atoms with Crippen molar-refractivity contribution < 1.29 is 0 Å². The number of piperidine rings is 1. The van der Waals surface area contributed by atoms with Crippen molar-refractivity contribution in [3.63, 3.8) is 0 Å². The Hall–Kier alpha value is -2.47. The maximum absolute atomic E-state index is 4.73. The van der Waals surface area contributed by atoms with Crippen LogP contribution in [0.2, 0.25) is 0 Å². The Bertz CT molecular complexity index is 819. The van der Waals surface area contributed by atoms with Crippen molar-refractivity contribution in [2.45, 2.75) is 25.8 Å². The smallest absolute Gasteiger partial charge is 0.145 e. The van der Waals surface area contributed by atoms with Gasteiger partial charge in [0.1, 0.15) is 17.2 Å². The summed E-state index contributed by atoms with van der Waals surface area (Å²) < 4.78 is 2.06. The van der Waals surface area contributed by atoms with E-state index in [1.165, 1.54) is 6.42 Å². The van der Waals surface area contributed by atoms with Gasteiger partial charge in [0, 0.05) is 18.8 Å². The number of hydrogen-bond donors (Lipinski definition) is 2. The highest BCUT2D eigenvalue weighted by Crippen LogP contribution is 2.21. The minimum Gasteiger partial charge on any atom is -0.365 e. The van der Waals surface area contributed by atoms with Crippen LogP contribution >= 0.6 is 0 Å². The standard InChI is InChI=1S/C17H20N6/c1-12-4-3-7-23-15(10-20-17(12)23)14-9-19-11-16(22-14)21-13-5-2-6-18-8-13/h3-4,7,9-11,13,18H,2,5-6,8H2,1H3,(H,21,22). The lowest BCUT2D eigenvalue weighted by molar-refractivity contribution is 0.479. The molecule has 6 heteroatoms. The van der Waals surface area contributed by atoms with Gasteiger partial charge in [-0.3, -0.25) is 9.38 Å². The summed E-state index contributed by atoms with van der Waals surface area (Å²) in [7, 11) is 0. The topological polar surface area (TPSA) is 67.1 Å². The minimum absolute atomic E-state index is 0.415. The monoisotopic (exact) mass is 308 g/mol. The van der Waals surface area contributed by atoms with E-state index in [2.05, 4.69) is 38.0 Å². The number of anilines is 1. The Kier molecular flexibility index (Phi) is 3.67. The van der Waals surface area contributed by atoms with Gasteiger partial charge >= 0.3 is 0 Å². The van der Waals surface area contributed by atoms with Crippen LogP contribution in [0.3, 0.4) is 0 Å². The van der Waals surface area contributed by atoms with Crippen LogP contribution in [0.15, 0.2) is 36.9 Å². The van der Waals surface area contributed by atoms with Crippen LogP contribution in [0.5, 0.6) is 0 Å². The van der Waals surface area contributed by atoms with E-state index in [1.54, 1.807) is 12.4 Å². The Balaban J connectivity index is 1.66. The Morgan fingerprint density at radius 2 is 2.26 bits per heavy atom. The van der Waals surface area contributed by atoms with Crippen LogP contribution in [-0.4, -0.2) is 38.5 Å². The number of imidazole rings is 1. The highest BCUT2D eigenvalue weighted by atomic mass is 15.1. The molecule has 2 N–H and O–H groups in total. The molecule has 3 aromatic rings. The molecule has 1 fully saturated rings. The number of fused-ring (bicyclic) bond motifs is 1.